The summed E-state index contributed by atoms with van der Waals surface area (Å²) in [5.41, 5.74) is 3.06. The fourth-order valence-electron chi connectivity index (χ4n) is 4.18. The van der Waals surface area contributed by atoms with E-state index in [2.05, 4.69) is 15.3 Å². The molecule has 0 fully saturated rings. The first kappa shape index (κ1) is 27.2. The van der Waals surface area contributed by atoms with Gasteiger partial charge in [0.1, 0.15) is 18.1 Å². The fourth-order valence-corrected chi connectivity index (χ4v) is 5.15. The number of amidine groups is 1. The molecule has 3 heterocycles. The van der Waals surface area contributed by atoms with Crippen LogP contribution >= 0.6 is 11.8 Å². The van der Waals surface area contributed by atoms with Gasteiger partial charge >= 0.3 is 5.97 Å². The van der Waals surface area contributed by atoms with Crippen LogP contribution in [-0.2, 0) is 25.6 Å². The molecule has 2 aliphatic heterocycles. The van der Waals surface area contributed by atoms with Gasteiger partial charge < -0.3 is 29.2 Å². The molecule has 1 aromatic heterocycles. The van der Waals surface area contributed by atoms with E-state index in [0.717, 1.165) is 5.69 Å². The second-order valence-corrected chi connectivity index (χ2v) is 9.24. The van der Waals surface area contributed by atoms with Crippen molar-refractivity contribution >= 4 is 28.8 Å². The number of amides is 1. The van der Waals surface area contributed by atoms with E-state index in [4.69, 9.17) is 18.9 Å². The molecule has 0 saturated heterocycles. The van der Waals surface area contributed by atoms with Crippen molar-refractivity contribution in [3.8, 4) is 11.5 Å². The van der Waals surface area contributed by atoms with Crippen LogP contribution < -0.4 is 14.8 Å². The van der Waals surface area contributed by atoms with E-state index in [1.807, 2.05) is 34.6 Å². The molecular formula is C27H30N4O6S. The third-order valence-electron chi connectivity index (χ3n) is 6.01. The van der Waals surface area contributed by atoms with E-state index < -0.39 is 12.0 Å². The molecule has 0 spiro atoms. The number of hydrogen-bond donors (Lipinski definition) is 1. The van der Waals surface area contributed by atoms with Gasteiger partial charge in [-0.05, 0) is 36.6 Å². The van der Waals surface area contributed by atoms with Crippen molar-refractivity contribution in [3.05, 3.63) is 76.2 Å². The Bertz CT molecular complexity index is 1280. The standard InChI is InChI=1S/C27H30N4O6S/c1-17-24(26(33)37-12-11-34-2)25(21-9-8-20(35-3)14-22(21)36-4)31-19(16-38-27(31)30-17)13-23(32)29-15-18-7-5-6-10-28-18/h5-10,14,16,25H,11-13,15H2,1-4H3,(H,29,32). The molecule has 0 aliphatic carbocycles. The summed E-state index contributed by atoms with van der Waals surface area (Å²) < 4.78 is 21.6. The zero-order valence-corrected chi connectivity index (χ0v) is 22.5. The first-order valence-corrected chi connectivity index (χ1v) is 12.8. The topological polar surface area (TPSA) is 112 Å². The molecule has 0 radical (unpaired) electrons. The van der Waals surface area contributed by atoms with Gasteiger partial charge in [-0.3, -0.25) is 9.78 Å². The molecule has 10 nitrogen and oxygen atoms in total. The summed E-state index contributed by atoms with van der Waals surface area (Å²) in [6, 6.07) is 10.3. The van der Waals surface area contributed by atoms with Crippen LogP contribution in [0.5, 0.6) is 11.5 Å². The highest BCUT2D eigenvalue weighted by atomic mass is 32.2. The van der Waals surface area contributed by atoms with Crippen LogP contribution in [0.15, 0.2) is 70.0 Å². The van der Waals surface area contributed by atoms with Crippen molar-refractivity contribution < 1.29 is 28.5 Å². The number of methoxy groups -OCH3 is 3. The minimum atomic E-state index is -0.636. The third-order valence-corrected chi connectivity index (χ3v) is 6.90. The van der Waals surface area contributed by atoms with Crippen LogP contribution in [0.4, 0.5) is 0 Å². The van der Waals surface area contributed by atoms with Crippen molar-refractivity contribution in [1.29, 1.82) is 0 Å². The Hall–Kier alpha value is -3.83. The van der Waals surface area contributed by atoms with Crippen LogP contribution in [0.2, 0.25) is 0 Å². The largest absolute Gasteiger partial charge is 0.497 e. The lowest BCUT2D eigenvalue weighted by molar-refractivity contribution is -0.141. The van der Waals surface area contributed by atoms with E-state index in [-0.39, 0.29) is 25.5 Å². The van der Waals surface area contributed by atoms with Crippen LogP contribution in [-0.4, -0.2) is 61.5 Å². The predicted octanol–water partition coefficient (Wildman–Crippen LogP) is 3.57. The summed E-state index contributed by atoms with van der Waals surface area (Å²) in [6.45, 7) is 2.46. The lowest BCUT2D eigenvalue weighted by Gasteiger charge is -2.36. The lowest BCUT2D eigenvalue weighted by atomic mass is 9.93. The molecule has 1 amide bonds. The number of benzene rings is 1. The summed E-state index contributed by atoms with van der Waals surface area (Å²) >= 11 is 1.40. The number of aromatic nitrogens is 1. The number of nitrogens with one attached hydrogen (secondary N) is 1. The summed E-state index contributed by atoms with van der Waals surface area (Å²) in [5, 5.41) is 5.46. The van der Waals surface area contributed by atoms with E-state index in [1.165, 1.54) is 18.9 Å². The van der Waals surface area contributed by atoms with Gasteiger partial charge in [-0.15, -0.1) is 0 Å². The smallest absolute Gasteiger partial charge is 0.338 e. The maximum Gasteiger partial charge on any atom is 0.338 e. The second-order valence-electron chi connectivity index (χ2n) is 8.40. The molecular weight excluding hydrogens is 508 g/mol. The van der Waals surface area contributed by atoms with E-state index in [1.54, 1.807) is 39.5 Å². The van der Waals surface area contributed by atoms with Crippen molar-refractivity contribution in [3.63, 3.8) is 0 Å². The third kappa shape index (κ3) is 6.00. The monoisotopic (exact) mass is 538 g/mol. The van der Waals surface area contributed by atoms with Gasteiger partial charge in [0.05, 0.1) is 56.8 Å². The number of ether oxygens (including phenoxy) is 4. The quantitative estimate of drug-likeness (QED) is 0.339. The van der Waals surface area contributed by atoms with Gasteiger partial charge in [-0.2, -0.15) is 0 Å². The number of aliphatic imine (C=N–C) groups is 1. The molecule has 1 atom stereocenters. The van der Waals surface area contributed by atoms with Gasteiger partial charge in [0.15, 0.2) is 5.17 Å². The lowest BCUT2D eigenvalue weighted by Crippen LogP contribution is -2.38. The number of carbonyl (C=O) groups excluding carboxylic acids is 2. The van der Waals surface area contributed by atoms with Gasteiger partial charge in [0.2, 0.25) is 5.91 Å². The molecule has 1 N–H and O–H groups in total. The number of fused-ring (bicyclic) bond motifs is 1. The Kier molecular flexibility index (Phi) is 9.03. The number of esters is 1. The van der Waals surface area contributed by atoms with Crippen LogP contribution in [0.3, 0.4) is 0 Å². The zero-order chi connectivity index (χ0) is 27.1. The van der Waals surface area contributed by atoms with Crippen LogP contribution in [0.1, 0.15) is 30.6 Å². The number of nitrogens with zero attached hydrogens (tertiary/aromatic N) is 3. The average molecular weight is 539 g/mol. The van der Waals surface area contributed by atoms with Crippen molar-refractivity contribution in [1.82, 2.24) is 15.2 Å². The molecule has 200 valence electrons. The highest BCUT2D eigenvalue weighted by Gasteiger charge is 2.42. The fraction of sp³-hybridized carbons (Fsp3) is 0.333. The molecule has 0 bridgehead atoms. The Morgan fingerprint density at radius 1 is 1.11 bits per heavy atom. The maximum absolute atomic E-state index is 13.4. The summed E-state index contributed by atoms with van der Waals surface area (Å²) in [7, 11) is 4.67. The molecule has 0 saturated carbocycles. The molecule has 2 aliphatic rings. The SMILES string of the molecule is COCCOC(=O)C1=C(C)N=C2SC=C(CC(=O)NCc3ccccn3)N2C1c1ccc(OC)cc1OC. The van der Waals surface area contributed by atoms with Gasteiger partial charge in [-0.1, -0.05) is 17.8 Å². The number of allylic oxidation sites excluding steroid dienone is 1. The number of rotatable bonds is 11. The summed E-state index contributed by atoms with van der Waals surface area (Å²) in [6.07, 6.45) is 1.77. The first-order chi connectivity index (χ1) is 18.5. The molecule has 4 rings (SSSR count). The minimum absolute atomic E-state index is 0.0822. The summed E-state index contributed by atoms with van der Waals surface area (Å²) in [5.74, 6) is 0.447. The van der Waals surface area contributed by atoms with Crippen LogP contribution in [0, 0.1) is 0 Å². The van der Waals surface area contributed by atoms with E-state index >= 15 is 0 Å². The normalized spacial score (nSPS) is 16.4. The zero-order valence-electron chi connectivity index (χ0n) is 21.7. The number of carbonyl (C=O) groups is 2. The first-order valence-electron chi connectivity index (χ1n) is 12.0. The maximum atomic E-state index is 13.4. The van der Waals surface area contributed by atoms with Gasteiger partial charge in [0.25, 0.3) is 0 Å². The Labute approximate surface area is 225 Å². The molecule has 38 heavy (non-hydrogen) atoms. The molecule has 1 unspecified atom stereocenters. The second kappa shape index (κ2) is 12.6. The van der Waals surface area contributed by atoms with E-state index in [0.29, 0.717) is 45.7 Å². The number of thioether (sulfide) groups is 1. The van der Waals surface area contributed by atoms with Gasteiger partial charge in [-0.25, -0.2) is 9.79 Å². The highest BCUT2D eigenvalue weighted by molar-refractivity contribution is 8.16. The molecule has 2 aromatic rings. The Balaban J connectivity index is 1.66. The van der Waals surface area contributed by atoms with Crippen molar-refractivity contribution in [2.75, 3.05) is 34.5 Å². The minimum Gasteiger partial charge on any atom is -0.497 e. The Morgan fingerprint density at radius 2 is 1.95 bits per heavy atom. The molecule has 1 aromatic carbocycles. The number of pyridine rings is 1. The van der Waals surface area contributed by atoms with Gasteiger partial charge in [0, 0.05) is 30.6 Å². The Morgan fingerprint density at radius 3 is 2.66 bits per heavy atom. The number of hydrogen-bond acceptors (Lipinski definition) is 10. The van der Waals surface area contributed by atoms with Crippen LogP contribution in [0.25, 0.3) is 0 Å². The highest BCUT2D eigenvalue weighted by Crippen LogP contribution is 2.47. The van der Waals surface area contributed by atoms with Crippen molar-refractivity contribution in [2.24, 2.45) is 4.99 Å². The predicted molar refractivity (Wildman–Crippen MR) is 143 cm³/mol. The molecule has 11 heteroatoms. The average Bonchev–Trinajstić information content (AvgIpc) is 3.33. The summed E-state index contributed by atoms with van der Waals surface area (Å²) in [4.78, 5) is 37.1. The van der Waals surface area contributed by atoms with E-state index in [9.17, 15) is 9.59 Å². The van der Waals surface area contributed by atoms with Crippen molar-refractivity contribution in [2.45, 2.75) is 25.9 Å².